The van der Waals surface area contributed by atoms with Crippen LogP contribution in [0.5, 0.6) is 0 Å². The zero-order chi connectivity index (χ0) is 13.4. The molecule has 0 saturated carbocycles. The van der Waals surface area contributed by atoms with Gasteiger partial charge >= 0.3 is 0 Å². The molecule has 0 bridgehead atoms. The third-order valence-corrected chi connectivity index (χ3v) is 3.58. The Labute approximate surface area is 115 Å². The lowest BCUT2D eigenvalue weighted by Crippen LogP contribution is -2.25. The second-order valence-corrected chi connectivity index (χ2v) is 5.18. The number of H-pyrrole nitrogens is 1. The number of rotatable bonds is 2. The fraction of sp³-hybridized carbons (Fsp3) is 0.417. The van der Waals surface area contributed by atoms with Crippen molar-refractivity contribution in [1.82, 2.24) is 19.7 Å². The van der Waals surface area contributed by atoms with Gasteiger partial charge in [0.05, 0.1) is 18.4 Å². The first-order valence-corrected chi connectivity index (χ1v) is 6.52. The average molecular weight is 280 g/mol. The predicted molar refractivity (Wildman–Crippen MR) is 72.7 cm³/mol. The molecule has 6 nitrogen and oxygen atoms in total. The number of aromatic nitrogens is 4. The van der Waals surface area contributed by atoms with E-state index >= 15 is 0 Å². The van der Waals surface area contributed by atoms with Crippen LogP contribution in [-0.4, -0.2) is 32.8 Å². The fourth-order valence-corrected chi connectivity index (χ4v) is 2.41. The van der Waals surface area contributed by atoms with E-state index in [-0.39, 0.29) is 10.6 Å². The van der Waals surface area contributed by atoms with E-state index in [2.05, 4.69) is 15.1 Å². The van der Waals surface area contributed by atoms with Crippen molar-refractivity contribution in [3.05, 3.63) is 39.5 Å². The first-order valence-electron chi connectivity index (χ1n) is 6.14. The van der Waals surface area contributed by atoms with E-state index in [1.165, 1.54) is 6.20 Å². The fourth-order valence-electron chi connectivity index (χ4n) is 2.31. The van der Waals surface area contributed by atoms with Crippen LogP contribution in [0.15, 0.2) is 23.4 Å². The van der Waals surface area contributed by atoms with Crippen LogP contribution in [0.2, 0.25) is 5.02 Å². The summed E-state index contributed by atoms with van der Waals surface area (Å²) in [4.78, 5) is 20.4. The van der Waals surface area contributed by atoms with Gasteiger partial charge in [-0.1, -0.05) is 11.6 Å². The highest BCUT2D eigenvalue weighted by atomic mass is 35.5. The highest BCUT2D eigenvalue weighted by Crippen LogP contribution is 2.23. The molecule has 1 aliphatic rings. The van der Waals surface area contributed by atoms with Crippen LogP contribution in [0, 0.1) is 6.92 Å². The molecule has 1 aliphatic heterocycles. The Bertz CT molecular complexity index is 650. The standard InChI is InChI=1S/C12H14ClN5O/c1-8-4-15-18(6-8)9-2-3-17(7-9)12-14-5-10(13)11(19)16-12/h4-6,9H,2-3,7H2,1H3,(H,14,16,19). The van der Waals surface area contributed by atoms with E-state index < -0.39 is 0 Å². The van der Waals surface area contributed by atoms with Crippen LogP contribution in [0.25, 0.3) is 0 Å². The molecule has 2 aromatic heterocycles. The molecule has 3 heterocycles. The van der Waals surface area contributed by atoms with Gasteiger partial charge in [0.15, 0.2) is 0 Å². The molecule has 0 amide bonds. The molecule has 7 heteroatoms. The van der Waals surface area contributed by atoms with E-state index in [1.807, 2.05) is 28.9 Å². The summed E-state index contributed by atoms with van der Waals surface area (Å²) in [5, 5.41) is 4.45. The zero-order valence-corrected chi connectivity index (χ0v) is 11.3. The number of halogens is 1. The van der Waals surface area contributed by atoms with Crippen molar-refractivity contribution in [1.29, 1.82) is 0 Å². The van der Waals surface area contributed by atoms with E-state index in [0.29, 0.717) is 12.0 Å². The van der Waals surface area contributed by atoms with Gasteiger partial charge in [-0.2, -0.15) is 5.10 Å². The highest BCUT2D eigenvalue weighted by Gasteiger charge is 2.25. The Hall–Kier alpha value is -1.82. The minimum atomic E-state index is -0.301. The second kappa shape index (κ2) is 4.70. The van der Waals surface area contributed by atoms with E-state index in [4.69, 9.17) is 11.6 Å². The molecule has 1 atom stereocenters. The Morgan fingerprint density at radius 3 is 3.00 bits per heavy atom. The summed E-state index contributed by atoms with van der Waals surface area (Å²) in [7, 11) is 0. The molecule has 0 aliphatic carbocycles. The summed E-state index contributed by atoms with van der Waals surface area (Å²) in [5.74, 6) is 0.570. The quantitative estimate of drug-likeness (QED) is 0.902. The third kappa shape index (κ3) is 2.35. The molecular weight excluding hydrogens is 266 g/mol. The molecule has 1 fully saturated rings. The molecule has 1 unspecified atom stereocenters. The summed E-state index contributed by atoms with van der Waals surface area (Å²) < 4.78 is 1.98. The van der Waals surface area contributed by atoms with Crippen molar-refractivity contribution >= 4 is 17.5 Å². The van der Waals surface area contributed by atoms with Crippen LogP contribution in [0.3, 0.4) is 0 Å². The number of hydrogen-bond donors (Lipinski definition) is 1. The summed E-state index contributed by atoms with van der Waals surface area (Å²) in [6.45, 7) is 3.65. The lowest BCUT2D eigenvalue weighted by atomic mass is 10.3. The van der Waals surface area contributed by atoms with Gasteiger partial charge in [-0.3, -0.25) is 14.5 Å². The first kappa shape index (κ1) is 12.2. The maximum atomic E-state index is 11.5. The summed E-state index contributed by atoms with van der Waals surface area (Å²) in [6, 6.07) is 0.315. The zero-order valence-electron chi connectivity index (χ0n) is 10.5. The molecule has 19 heavy (non-hydrogen) atoms. The van der Waals surface area contributed by atoms with Crippen molar-refractivity contribution in [3.63, 3.8) is 0 Å². The van der Waals surface area contributed by atoms with Gasteiger partial charge in [-0.15, -0.1) is 0 Å². The van der Waals surface area contributed by atoms with Gasteiger partial charge in [0.2, 0.25) is 5.95 Å². The molecule has 0 aromatic carbocycles. The van der Waals surface area contributed by atoms with E-state index in [1.54, 1.807) is 0 Å². The topological polar surface area (TPSA) is 66.8 Å². The SMILES string of the molecule is Cc1cnn(C2CCN(c3ncc(Cl)c(=O)[nH]3)C2)c1. The van der Waals surface area contributed by atoms with Gasteiger partial charge in [0.1, 0.15) is 5.02 Å². The van der Waals surface area contributed by atoms with Crippen molar-refractivity contribution < 1.29 is 0 Å². The predicted octanol–water partition coefficient (Wildman–Crippen LogP) is 1.38. The van der Waals surface area contributed by atoms with Gasteiger partial charge in [-0.25, -0.2) is 4.98 Å². The number of hydrogen-bond acceptors (Lipinski definition) is 4. The lowest BCUT2D eigenvalue weighted by molar-refractivity contribution is 0.494. The molecule has 1 N–H and O–H groups in total. The molecule has 1 saturated heterocycles. The van der Waals surface area contributed by atoms with E-state index in [0.717, 1.165) is 25.1 Å². The Balaban J connectivity index is 1.78. The van der Waals surface area contributed by atoms with Gasteiger partial charge in [-0.05, 0) is 18.9 Å². The average Bonchev–Trinajstić information content (AvgIpc) is 3.01. The van der Waals surface area contributed by atoms with Crippen molar-refractivity contribution in [2.24, 2.45) is 0 Å². The maximum absolute atomic E-state index is 11.5. The molecular formula is C12H14ClN5O. The number of nitrogens with zero attached hydrogens (tertiary/aromatic N) is 4. The van der Waals surface area contributed by atoms with E-state index in [9.17, 15) is 4.79 Å². The van der Waals surface area contributed by atoms with Crippen LogP contribution in [0.4, 0.5) is 5.95 Å². The molecule has 0 spiro atoms. The van der Waals surface area contributed by atoms with Gasteiger partial charge in [0, 0.05) is 19.3 Å². The molecule has 0 radical (unpaired) electrons. The van der Waals surface area contributed by atoms with Crippen molar-refractivity contribution in [3.8, 4) is 0 Å². The van der Waals surface area contributed by atoms with Gasteiger partial charge < -0.3 is 4.90 Å². The first-order chi connectivity index (χ1) is 9.13. The summed E-state index contributed by atoms with van der Waals surface area (Å²) in [5.41, 5.74) is 0.849. The smallest absolute Gasteiger partial charge is 0.271 e. The van der Waals surface area contributed by atoms with Crippen molar-refractivity contribution in [2.75, 3.05) is 18.0 Å². The number of nitrogens with one attached hydrogen (secondary N) is 1. The number of aryl methyl sites for hydroxylation is 1. The lowest BCUT2D eigenvalue weighted by Gasteiger charge is -2.16. The van der Waals surface area contributed by atoms with Crippen LogP contribution < -0.4 is 10.5 Å². The Morgan fingerprint density at radius 1 is 1.47 bits per heavy atom. The normalized spacial score (nSPS) is 19.1. The van der Waals surface area contributed by atoms with Crippen LogP contribution >= 0.6 is 11.6 Å². The largest absolute Gasteiger partial charge is 0.340 e. The molecule has 2 aromatic rings. The van der Waals surface area contributed by atoms with Crippen LogP contribution in [-0.2, 0) is 0 Å². The molecule has 3 rings (SSSR count). The molecule has 100 valence electrons. The summed E-state index contributed by atoms with van der Waals surface area (Å²) in [6.07, 6.45) is 6.26. The minimum Gasteiger partial charge on any atom is -0.340 e. The second-order valence-electron chi connectivity index (χ2n) is 4.77. The number of anilines is 1. The minimum absolute atomic E-state index is 0.113. The van der Waals surface area contributed by atoms with Gasteiger partial charge in [0.25, 0.3) is 5.56 Å². The van der Waals surface area contributed by atoms with Crippen LogP contribution in [0.1, 0.15) is 18.0 Å². The third-order valence-electron chi connectivity index (χ3n) is 3.31. The Morgan fingerprint density at radius 2 is 2.32 bits per heavy atom. The Kier molecular flexibility index (Phi) is 3.02. The maximum Gasteiger partial charge on any atom is 0.271 e. The highest BCUT2D eigenvalue weighted by molar-refractivity contribution is 6.30. The number of aromatic amines is 1. The van der Waals surface area contributed by atoms with Crippen molar-refractivity contribution in [2.45, 2.75) is 19.4 Å². The summed E-state index contributed by atoms with van der Waals surface area (Å²) >= 11 is 5.68. The monoisotopic (exact) mass is 279 g/mol.